The Morgan fingerprint density at radius 2 is 1.74 bits per heavy atom. The Bertz CT molecular complexity index is 429. The summed E-state index contributed by atoms with van der Waals surface area (Å²) in [6.07, 6.45) is 0. The molecule has 1 saturated heterocycles. The van der Waals surface area contributed by atoms with Crippen LogP contribution in [-0.4, -0.2) is 48.1 Å². The SMILES string of the molecule is CN1CCN(Cc2cc(C(C)(C)C)ccc2O)CC1. The van der Waals surface area contributed by atoms with Gasteiger partial charge in [0.25, 0.3) is 0 Å². The zero-order valence-corrected chi connectivity index (χ0v) is 12.6. The Morgan fingerprint density at radius 1 is 1.11 bits per heavy atom. The molecule has 1 N–H and O–H groups in total. The van der Waals surface area contributed by atoms with Crippen LogP contribution >= 0.6 is 0 Å². The number of nitrogens with zero attached hydrogens (tertiary/aromatic N) is 2. The Hall–Kier alpha value is -1.06. The van der Waals surface area contributed by atoms with Gasteiger partial charge in [-0.15, -0.1) is 0 Å². The fraction of sp³-hybridized carbons (Fsp3) is 0.625. The van der Waals surface area contributed by atoms with Crippen LogP contribution in [0.15, 0.2) is 18.2 Å². The van der Waals surface area contributed by atoms with Crippen LogP contribution in [0.4, 0.5) is 0 Å². The minimum absolute atomic E-state index is 0.130. The molecule has 0 spiro atoms. The monoisotopic (exact) mass is 262 g/mol. The smallest absolute Gasteiger partial charge is 0.120 e. The molecule has 0 aliphatic carbocycles. The summed E-state index contributed by atoms with van der Waals surface area (Å²) < 4.78 is 0. The predicted octanol–water partition coefficient (Wildman–Crippen LogP) is 2.44. The van der Waals surface area contributed by atoms with Crippen molar-refractivity contribution in [2.75, 3.05) is 33.2 Å². The first-order chi connectivity index (χ1) is 8.86. The van der Waals surface area contributed by atoms with Gasteiger partial charge in [-0.3, -0.25) is 4.90 Å². The molecule has 1 aliphatic rings. The quantitative estimate of drug-likeness (QED) is 0.887. The molecule has 0 aromatic heterocycles. The molecule has 0 atom stereocenters. The summed E-state index contributed by atoms with van der Waals surface area (Å²) in [5.41, 5.74) is 2.47. The number of phenolic OH excluding ortho intramolecular Hbond substituents is 1. The summed E-state index contributed by atoms with van der Waals surface area (Å²) in [5, 5.41) is 10.0. The van der Waals surface area contributed by atoms with Crippen molar-refractivity contribution in [1.29, 1.82) is 0 Å². The maximum Gasteiger partial charge on any atom is 0.120 e. The van der Waals surface area contributed by atoms with Gasteiger partial charge in [0.05, 0.1) is 0 Å². The van der Waals surface area contributed by atoms with Crippen LogP contribution in [0, 0.1) is 0 Å². The fourth-order valence-corrected chi connectivity index (χ4v) is 2.43. The number of phenols is 1. The van der Waals surface area contributed by atoms with Gasteiger partial charge in [0, 0.05) is 38.3 Å². The molecule has 1 aliphatic heterocycles. The van der Waals surface area contributed by atoms with Crippen molar-refractivity contribution < 1.29 is 5.11 Å². The molecule has 106 valence electrons. The van der Waals surface area contributed by atoms with Crippen LogP contribution in [0.3, 0.4) is 0 Å². The van der Waals surface area contributed by atoms with E-state index in [2.05, 4.69) is 43.7 Å². The molecule has 1 aromatic carbocycles. The molecule has 1 fully saturated rings. The van der Waals surface area contributed by atoms with E-state index in [0.717, 1.165) is 38.3 Å². The molecule has 2 rings (SSSR count). The third-order valence-electron chi connectivity index (χ3n) is 3.94. The summed E-state index contributed by atoms with van der Waals surface area (Å²) in [7, 11) is 2.16. The fourth-order valence-electron chi connectivity index (χ4n) is 2.43. The summed E-state index contributed by atoms with van der Waals surface area (Å²) in [4.78, 5) is 4.77. The first kappa shape index (κ1) is 14.4. The molecule has 0 saturated carbocycles. The zero-order valence-electron chi connectivity index (χ0n) is 12.6. The molecule has 1 aromatic rings. The van der Waals surface area contributed by atoms with Crippen molar-refractivity contribution in [2.45, 2.75) is 32.7 Å². The van der Waals surface area contributed by atoms with Crippen LogP contribution < -0.4 is 0 Å². The summed E-state index contributed by atoms with van der Waals surface area (Å²) in [6.45, 7) is 11.9. The second-order valence-corrected chi connectivity index (χ2v) is 6.67. The highest BCUT2D eigenvalue weighted by Crippen LogP contribution is 2.28. The topological polar surface area (TPSA) is 26.7 Å². The Morgan fingerprint density at radius 3 is 2.32 bits per heavy atom. The first-order valence-corrected chi connectivity index (χ1v) is 7.09. The number of benzene rings is 1. The molecular weight excluding hydrogens is 236 g/mol. The van der Waals surface area contributed by atoms with Crippen molar-refractivity contribution in [2.24, 2.45) is 0 Å². The normalized spacial score (nSPS) is 18.7. The molecule has 3 heteroatoms. The molecule has 0 unspecified atom stereocenters. The Labute approximate surface area is 116 Å². The van der Waals surface area contributed by atoms with Gasteiger partial charge in [0.2, 0.25) is 0 Å². The van der Waals surface area contributed by atoms with Gasteiger partial charge in [-0.25, -0.2) is 0 Å². The van der Waals surface area contributed by atoms with Crippen LogP contribution in [0.25, 0.3) is 0 Å². The number of likely N-dealkylation sites (N-methyl/N-ethyl adjacent to an activating group) is 1. The number of aromatic hydroxyl groups is 1. The van der Waals surface area contributed by atoms with Gasteiger partial charge in [0.1, 0.15) is 5.75 Å². The summed E-state index contributed by atoms with van der Waals surface area (Å²) in [5.74, 6) is 0.423. The highest BCUT2D eigenvalue weighted by Gasteiger charge is 2.18. The molecule has 3 nitrogen and oxygen atoms in total. The van der Waals surface area contributed by atoms with E-state index < -0.39 is 0 Å². The van der Waals surface area contributed by atoms with E-state index in [4.69, 9.17) is 0 Å². The minimum Gasteiger partial charge on any atom is -0.508 e. The predicted molar refractivity (Wildman–Crippen MR) is 79.6 cm³/mol. The average Bonchev–Trinajstić information content (AvgIpc) is 2.33. The Kier molecular flexibility index (Phi) is 4.16. The van der Waals surface area contributed by atoms with E-state index >= 15 is 0 Å². The van der Waals surface area contributed by atoms with Gasteiger partial charge >= 0.3 is 0 Å². The molecule has 1 heterocycles. The van der Waals surface area contributed by atoms with E-state index in [9.17, 15) is 5.11 Å². The standard InChI is InChI=1S/C16H26N2O/c1-16(2,3)14-5-6-15(19)13(11-14)12-18-9-7-17(4)8-10-18/h5-6,11,19H,7-10,12H2,1-4H3. The van der Waals surface area contributed by atoms with Gasteiger partial charge in [-0.05, 0) is 24.1 Å². The highest BCUT2D eigenvalue weighted by molar-refractivity contribution is 5.38. The van der Waals surface area contributed by atoms with Crippen LogP contribution in [0.2, 0.25) is 0 Å². The van der Waals surface area contributed by atoms with Crippen molar-refractivity contribution in [1.82, 2.24) is 9.80 Å². The molecule has 19 heavy (non-hydrogen) atoms. The molecule has 0 radical (unpaired) electrons. The minimum atomic E-state index is 0.130. The molecule has 0 amide bonds. The average molecular weight is 262 g/mol. The van der Waals surface area contributed by atoms with Crippen molar-refractivity contribution in [3.8, 4) is 5.75 Å². The zero-order chi connectivity index (χ0) is 14.0. The van der Waals surface area contributed by atoms with E-state index in [0.29, 0.717) is 5.75 Å². The second-order valence-electron chi connectivity index (χ2n) is 6.67. The van der Waals surface area contributed by atoms with Crippen LogP contribution in [0.5, 0.6) is 5.75 Å². The number of rotatable bonds is 2. The first-order valence-electron chi connectivity index (χ1n) is 7.09. The van der Waals surface area contributed by atoms with Crippen LogP contribution in [0.1, 0.15) is 31.9 Å². The van der Waals surface area contributed by atoms with Crippen molar-refractivity contribution >= 4 is 0 Å². The molecular formula is C16H26N2O. The number of hydrogen-bond acceptors (Lipinski definition) is 3. The van der Waals surface area contributed by atoms with Crippen molar-refractivity contribution in [3.63, 3.8) is 0 Å². The lowest BCUT2D eigenvalue weighted by Gasteiger charge is -2.32. The van der Waals surface area contributed by atoms with Crippen LogP contribution in [-0.2, 0) is 12.0 Å². The third-order valence-corrected chi connectivity index (χ3v) is 3.94. The van der Waals surface area contributed by atoms with Gasteiger partial charge < -0.3 is 10.0 Å². The lowest BCUT2D eigenvalue weighted by Crippen LogP contribution is -2.43. The Balaban J connectivity index is 2.11. The van der Waals surface area contributed by atoms with Gasteiger partial charge in [-0.2, -0.15) is 0 Å². The van der Waals surface area contributed by atoms with Crippen molar-refractivity contribution in [3.05, 3.63) is 29.3 Å². The van der Waals surface area contributed by atoms with E-state index in [1.807, 2.05) is 12.1 Å². The molecule has 0 bridgehead atoms. The highest BCUT2D eigenvalue weighted by atomic mass is 16.3. The maximum atomic E-state index is 10.0. The lowest BCUT2D eigenvalue weighted by atomic mass is 9.86. The van der Waals surface area contributed by atoms with E-state index in [1.165, 1.54) is 5.56 Å². The largest absolute Gasteiger partial charge is 0.508 e. The maximum absolute atomic E-state index is 10.0. The summed E-state index contributed by atoms with van der Waals surface area (Å²) >= 11 is 0. The number of hydrogen-bond donors (Lipinski definition) is 1. The lowest BCUT2D eigenvalue weighted by molar-refractivity contribution is 0.147. The van der Waals surface area contributed by atoms with Gasteiger partial charge in [-0.1, -0.05) is 32.9 Å². The van der Waals surface area contributed by atoms with E-state index in [-0.39, 0.29) is 5.41 Å². The van der Waals surface area contributed by atoms with E-state index in [1.54, 1.807) is 0 Å². The number of piperazine rings is 1. The third kappa shape index (κ3) is 3.71. The van der Waals surface area contributed by atoms with Gasteiger partial charge in [0.15, 0.2) is 0 Å². The summed E-state index contributed by atoms with van der Waals surface area (Å²) in [6, 6.07) is 6.03. The second kappa shape index (κ2) is 5.51.